The van der Waals surface area contributed by atoms with Crippen LogP contribution >= 0.6 is 0 Å². The average Bonchev–Trinajstić information content (AvgIpc) is 2.87. The predicted molar refractivity (Wildman–Crippen MR) is 77.2 cm³/mol. The largest absolute Gasteiger partial charge is 0.347 e. The van der Waals surface area contributed by atoms with Gasteiger partial charge in [-0.05, 0) is 31.6 Å². The Morgan fingerprint density at radius 1 is 1.30 bits per heavy atom. The van der Waals surface area contributed by atoms with E-state index in [1.165, 1.54) is 0 Å². The van der Waals surface area contributed by atoms with Crippen molar-refractivity contribution in [1.29, 1.82) is 0 Å². The van der Waals surface area contributed by atoms with Crippen LogP contribution in [0.2, 0.25) is 0 Å². The van der Waals surface area contributed by atoms with Crippen LogP contribution in [0.4, 0.5) is 0 Å². The molecular formula is C17H26O3. The topological polar surface area (TPSA) is 35.5 Å². The van der Waals surface area contributed by atoms with Crippen LogP contribution in [0.3, 0.4) is 0 Å². The van der Waals surface area contributed by atoms with Gasteiger partial charge >= 0.3 is 0 Å². The number of Topliss-reactive ketones (excluding diaryl/α,β-unsaturated/α-hetero) is 1. The fourth-order valence-corrected chi connectivity index (χ4v) is 4.62. The number of carbonyl (C=O) groups excluding carboxylic acids is 1. The number of hydrogen-bond acceptors (Lipinski definition) is 3. The first-order valence-electron chi connectivity index (χ1n) is 7.86. The number of ketones is 1. The summed E-state index contributed by atoms with van der Waals surface area (Å²) in [4.78, 5) is 12.7. The highest BCUT2D eigenvalue weighted by Crippen LogP contribution is 2.57. The number of ether oxygens (including phenoxy) is 2. The minimum atomic E-state index is -0.429. The molecule has 0 aromatic rings. The lowest BCUT2D eigenvalue weighted by Gasteiger charge is -2.54. The fraction of sp³-hybridized carbons (Fsp3) is 0.824. The maximum absolute atomic E-state index is 12.7. The third-order valence-corrected chi connectivity index (χ3v) is 6.19. The van der Waals surface area contributed by atoms with E-state index in [4.69, 9.17) is 9.47 Å². The highest BCUT2D eigenvalue weighted by Gasteiger charge is 2.59. The molecule has 0 aromatic heterocycles. The SMILES string of the molecule is C=C(C)[C@@H]1CC(=O)[C@@]2(C)CCC3(OCCO3)[C@H](C)[C@H]2C1. The second kappa shape index (κ2) is 4.67. The van der Waals surface area contributed by atoms with Crippen molar-refractivity contribution in [2.45, 2.75) is 52.2 Å². The Morgan fingerprint density at radius 2 is 1.95 bits per heavy atom. The number of hydrogen-bond donors (Lipinski definition) is 0. The standard InChI is InChI=1S/C17H26O3/c1-11(2)13-9-14-12(3)17(19-7-8-20-17)6-5-16(14,4)15(18)10-13/h12-14H,1,5-10H2,2-4H3/t12-,13+,14-,16+/m1/s1. The van der Waals surface area contributed by atoms with Gasteiger partial charge in [-0.1, -0.05) is 26.0 Å². The molecule has 1 spiro atoms. The molecule has 0 aromatic carbocycles. The summed E-state index contributed by atoms with van der Waals surface area (Å²) in [7, 11) is 0. The first-order valence-corrected chi connectivity index (χ1v) is 7.86. The summed E-state index contributed by atoms with van der Waals surface area (Å²) in [5.41, 5.74) is 0.951. The smallest absolute Gasteiger partial charge is 0.171 e. The molecule has 3 rings (SSSR count). The minimum Gasteiger partial charge on any atom is -0.347 e. The van der Waals surface area contributed by atoms with Gasteiger partial charge in [0.15, 0.2) is 5.79 Å². The Hall–Kier alpha value is -0.670. The van der Waals surface area contributed by atoms with E-state index >= 15 is 0 Å². The molecule has 0 amide bonds. The average molecular weight is 278 g/mol. The van der Waals surface area contributed by atoms with Crippen molar-refractivity contribution in [1.82, 2.24) is 0 Å². The van der Waals surface area contributed by atoms with E-state index in [0.717, 1.165) is 24.8 Å². The molecule has 0 radical (unpaired) electrons. The van der Waals surface area contributed by atoms with E-state index in [2.05, 4.69) is 20.4 Å². The van der Waals surface area contributed by atoms with Crippen LogP contribution < -0.4 is 0 Å². The zero-order valence-electron chi connectivity index (χ0n) is 12.9. The summed E-state index contributed by atoms with van der Waals surface area (Å²) in [6, 6.07) is 0. The number of rotatable bonds is 1. The van der Waals surface area contributed by atoms with Gasteiger partial charge in [0, 0.05) is 24.2 Å². The van der Waals surface area contributed by atoms with Gasteiger partial charge < -0.3 is 9.47 Å². The first kappa shape index (κ1) is 14.3. The predicted octanol–water partition coefficient (Wildman–Crippen LogP) is 3.34. The number of fused-ring (bicyclic) bond motifs is 1. The molecule has 1 aliphatic heterocycles. The third-order valence-electron chi connectivity index (χ3n) is 6.19. The normalized spacial score (nSPS) is 43.5. The molecular weight excluding hydrogens is 252 g/mol. The Labute approximate surface area is 121 Å². The van der Waals surface area contributed by atoms with E-state index < -0.39 is 5.79 Å². The monoisotopic (exact) mass is 278 g/mol. The second-order valence-corrected chi connectivity index (χ2v) is 7.23. The Balaban J connectivity index is 1.91. The second-order valence-electron chi connectivity index (χ2n) is 7.23. The van der Waals surface area contributed by atoms with Crippen LogP contribution in [0, 0.1) is 23.2 Å². The highest BCUT2D eigenvalue weighted by atomic mass is 16.7. The van der Waals surface area contributed by atoms with Gasteiger partial charge in [-0.15, -0.1) is 0 Å². The molecule has 0 N–H and O–H groups in total. The van der Waals surface area contributed by atoms with Crippen molar-refractivity contribution in [3.05, 3.63) is 12.2 Å². The van der Waals surface area contributed by atoms with E-state index in [1.54, 1.807) is 0 Å². The van der Waals surface area contributed by atoms with Crippen molar-refractivity contribution in [2.75, 3.05) is 13.2 Å². The van der Waals surface area contributed by atoms with Crippen LogP contribution in [-0.2, 0) is 14.3 Å². The van der Waals surface area contributed by atoms with Gasteiger partial charge in [-0.3, -0.25) is 4.79 Å². The van der Waals surface area contributed by atoms with Gasteiger partial charge in [0.05, 0.1) is 13.2 Å². The van der Waals surface area contributed by atoms with Gasteiger partial charge in [0.25, 0.3) is 0 Å². The zero-order chi connectivity index (χ0) is 14.5. The lowest BCUT2D eigenvalue weighted by molar-refractivity contribution is -0.244. The molecule has 3 fully saturated rings. The van der Waals surface area contributed by atoms with Crippen LogP contribution in [0.15, 0.2) is 12.2 Å². The van der Waals surface area contributed by atoms with Crippen molar-refractivity contribution in [3.8, 4) is 0 Å². The Morgan fingerprint density at radius 3 is 2.55 bits per heavy atom. The molecule has 112 valence electrons. The minimum absolute atomic E-state index is 0.189. The Bertz CT molecular complexity index is 436. The lowest BCUT2D eigenvalue weighted by Crippen LogP contribution is -2.56. The molecule has 3 aliphatic rings. The summed E-state index contributed by atoms with van der Waals surface area (Å²) in [5, 5.41) is 0. The summed E-state index contributed by atoms with van der Waals surface area (Å²) in [6.07, 6.45) is 3.46. The number of allylic oxidation sites excluding steroid dienone is 1. The Kier molecular flexibility index (Phi) is 3.33. The lowest BCUT2D eigenvalue weighted by atomic mass is 9.52. The van der Waals surface area contributed by atoms with E-state index in [1.807, 2.05) is 6.92 Å². The van der Waals surface area contributed by atoms with Gasteiger partial charge in [-0.2, -0.15) is 0 Å². The summed E-state index contributed by atoms with van der Waals surface area (Å²) in [6.45, 7) is 11.9. The fourth-order valence-electron chi connectivity index (χ4n) is 4.62. The van der Waals surface area contributed by atoms with Gasteiger partial charge in [-0.25, -0.2) is 0 Å². The quantitative estimate of drug-likeness (QED) is 0.690. The third kappa shape index (κ3) is 1.90. The molecule has 20 heavy (non-hydrogen) atoms. The number of carbonyl (C=O) groups is 1. The highest BCUT2D eigenvalue weighted by molar-refractivity contribution is 5.86. The zero-order valence-corrected chi connectivity index (χ0v) is 12.9. The van der Waals surface area contributed by atoms with Crippen LogP contribution in [-0.4, -0.2) is 24.8 Å². The van der Waals surface area contributed by atoms with Gasteiger partial charge in [0.2, 0.25) is 0 Å². The van der Waals surface area contributed by atoms with E-state index in [9.17, 15) is 4.79 Å². The molecule has 2 aliphatic carbocycles. The van der Waals surface area contributed by atoms with Crippen molar-refractivity contribution < 1.29 is 14.3 Å². The van der Waals surface area contributed by atoms with Crippen LogP contribution in [0.5, 0.6) is 0 Å². The molecule has 0 bridgehead atoms. The molecule has 0 unspecified atom stereocenters. The maximum atomic E-state index is 12.7. The molecule has 1 saturated heterocycles. The first-order chi connectivity index (χ1) is 9.39. The molecule has 3 heteroatoms. The summed E-state index contributed by atoms with van der Waals surface area (Å²) >= 11 is 0. The van der Waals surface area contributed by atoms with Crippen molar-refractivity contribution in [3.63, 3.8) is 0 Å². The summed E-state index contributed by atoms with van der Waals surface area (Å²) < 4.78 is 11.9. The molecule has 1 heterocycles. The van der Waals surface area contributed by atoms with Crippen molar-refractivity contribution in [2.24, 2.45) is 23.2 Å². The van der Waals surface area contributed by atoms with Crippen LogP contribution in [0.25, 0.3) is 0 Å². The molecule has 2 saturated carbocycles. The van der Waals surface area contributed by atoms with Crippen molar-refractivity contribution >= 4 is 5.78 Å². The molecule has 4 atom stereocenters. The molecule has 3 nitrogen and oxygen atoms in total. The van der Waals surface area contributed by atoms with Crippen LogP contribution in [0.1, 0.15) is 46.5 Å². The van der Waals surface area contributed by atoms with E-state index in [0.29, 0.717) is 37.3 Å². The van der Waals surface area contributed by atoms with E-state index in [-0.39, 0.29) is 11.3 Å². The van der Waals surface area contributed by atoms with Gasteiger partial charge in [0.1, 0.15) is 5.78 Å². The summed E-state index contributed by atoms with van der Waals surface area (Å²) in [5.74, 6) is 0.940. The maximum Gasteiger partial charge on any atom is 0.171 e.